The minimum atomic E-state index is -2.74. The van der Waals surface area contributed by atoms with E-state index in [1.54, 1.807) is 12.1 Å². The summed E-state index contributed by atoms with van der Waals surface area (Å²) in [6, 6.07) is 7.10. The fourth-order valence-electron chi connectivity index (χ4n) is 3.47. The monoisotopic (exact) mass is 281 g/mol. The third-order valence-electron chi connectivity index (χ3n) is 4.84. The van der Waals surface area contributed by atoms with E-state index >= 15 is 0 Å². The molecule has 1 N–H and O–H groups in total. The number of hydrogen-bond acceptors (Lipinski definition) is 2. The van der Waals surface area contributed by atoms with E-state index < -0.39 is 6.61 Å². The van der Waals surface area contributed by atoms with Crippen molar-refractivity contribution in [2.24, 2.45) is 11.3 Å². The Balaban J connectivity index is 1.50. The number of benzene rings is 1. The summed E-state index contributed by atoms with van der Waals surface area (Å²) in [6.07, 6.45) is 6.29. The maximum atomic E-state index is 12.1. The van der Waals surface area contributed by atoms with Gasteiger partial charge >= 0.3 is 6.61 Å². The molecule has 0 atom stereocenters. The van der Waals surface area contributed by atoms with Gasteiger partial charge in [-0.25, -0.2) is 0 Å². The number of halogens is 2. The van der Waals surface area contributed by atoms with Crippen LogP contribution in [0.25, 0.3) is 0 Å². The Kier molecular flexibility index (Phi) is 3.92. The van der Waals surface area contributed by atoms with Crippen molar-refractivity contribution in [2.75, 3.05) is 13.1 Å². The summed E-state index contributed by atoms with van der Waals surface area (Å²) in [5.74, 6) is 0.981. The van der Waals surface area contributed by atoms with E-state index in [-0.39, 0.29) is 5.75 Å². The summed E-state index contributed by atoms with van der Waals surface area (Å²) in [5.41, 5.74) is 1.82. The second-order valence-corrected chi connectivity index (χ2v) is 6.27. The third kappa shape index (κ3) is 3.11. The van der Waals surface area contributed by atoms with Crippen molar-refractivity contribution in [1.82, 2.24) is 5.32 Å². The molecule has 2 nitrogen and oxygen atoms in total. The minimum Gasteiger partial charge on any atom is -0.435 e. The van der Waals surface area contributed by atoms with E-state index in [9.17, 15) is 8.78 Å². The van der Waals surface area contributed by atoms with E-state index in [1.807, 2.05) is 12.1 Å². The summed E-state index contributed by atoms with van der Waals surface area (Å²) in [4.78, 5) is 0. The molecule has 0 radical (unpaired) electrons. The molecule has 3 rings (SSSR count). The lowest BCUT2D eigenvalue weighted by molar-refractivity contribution is -0.0498. The highest BCUT2D eigenvalue weighted by Crippen LogP contribution is 2.42. The standard InChI is InChI=1S/C16H21F2NO/c17-15(18)20-14-3-1-12(2-4-14)9-13-5-7-16(8-6-13)10-19-11-16/h1-4,13,15,19H,5-11H2. The summed E-state index contributed by atoms with van der Waals surface area (Å²) in [5, 5.41) is 3.38. The Hall–Kier alpha value is -1.16. The smallest absolute Gasteiger partial charge is 0.387 e. The molecule has 110 valence electrons. The zero-order valence-corrected chi connectivity index (χ0v) is 11.6. The van der Waals surface area contributed by atoms with Gasteiger partial charge in [0.05, 0.1) is 0 Å². The topological polar surface area (TPSA) is 21.3 Å². The summed E-state index contributed by atoms with van der Waals surface area (Å²) in [6.45, 7) is -0.356. The van der Waals surface area contributed by atoms with Crippen LogP contribution in [-0.2, 0) is 6.42 Å². The molecule has 1 saturated carbocycles. The van der Waals surface area contributed by atoms with Gasteiger partial charge in [0.25, 0.3) is 0 Å². The van der Waals surface area contributed by atoms with Crippen molar-refractivity contribution < 1.29 is 13.5 Å². The van der Waals surface area contributed by atoms with Crippen LogP contribution in [0.4, 0.5) is 8.78 Å². The van der Waals surface area contributed by atoms with Gasteiger partial charge in [-0.1, -0.05) is 12.1 Å². The Morgan fingerprint density at radius 1 is 1.15 bits per heavy atom. The molecule has 1 spiro atoms. The molecule has 1 heterocycles. The molecule has 1 saturated heterocycles. The van der Waals surface area contributed by atoms with Crippen LogP contribution in [0.15, 0.2) is 24.3 Å². The molecule has 4 heteroatoms. The average Bonchev–Trinajstić information content (AvgIpc) is 2.40. The van der Waals surface area contributed by atoms with Crippen molar-refractivity contribution in [3.8, 4) is 5.75 Å². The average molecular weight is 281 g/mol. The molecule has 0 aromatic heterocycles. The van der Waals surface area contributed by atoms with Crippen LogP contribution in [0, 0.1) is 11.3 Å². The van der Waals surface area contributed by atoms with Gasteiger partial charge in [0.15, 0.2) is 0 Å². The van der Waals surface area contributed by atoms with Crippen molar-refractivity contribution in [2.45, 2.75) is 38.7 Å². The Morgan fingerprint density at radius 3 is 2.30 bits per heavy atom. The minimum absolute atomic E-state index is 0.242. The predicted molar refractivity (Wildman–Crippen MR) is 74.0 cm³/mol. The van der Waals surface area contributed by atoms with Gasteiger partial charge in [0.2, 0.25) is 0 Å². The van der Waals surface area contributed by atoms with Gasteiger partial charge in [0, 0.05) is 13.1 Å². The van der Waals surface area contributed by atoms with Gasteiger partial charge in [-0.05, 0) is 61.1 Å². The van der Waals surface area contributed by atoms with Crippen LogP contribution >= 0.6 is 0 Å². The molecule has 0 unspecified atom stereocenters. The van der Waals surface area contributed by atoms with Crippen LogP contribution in [0.1, 0.15) is 31.2 Å². The quantitative estimate of drug-likeness (QED) is 0.910. The van der Waals surface area contributed by atoms with Crippen molar-refractivity contribution in [3.63, 3.8) is 0 Å². The first-order chi connectivity index (χ1) is 9.65. The van der Waals surface area contributed by atoms with Gasteiger partial charge in [0.1, 0.15) is 5.75 Å². The summed E-state index contributed by atoms with van der Waals surface area (Å²) < 4.78 is 28.5. The highest BCUT2D eigenvalue weighted by atomic mass is 19.3. The zero-order valence-electron chi connectivity index (χ0n) is 11.6. The highest BCUT2D eigenvalue weighted by Gasteiger charge is 2.39. The second-order valence-electron chi connectivity index (χ2n) is 6.27. The molecule has 1 aromatic carbocycles. The molecule has 2 fully saturated rings. The number of hydrogen-bond donors (Lipinski definition) is 1. The maximum Gasteiger partial charge on any atom is 0.387 e. The third-order valence-corrected chi connectivity index (χ3v) is 4.84. The van der Waals surface area contributed by atoms with Crippen LogP contribution < -0.4 is 10.1 Å². The summed E-state index contributed by atoms with van der Waals surface area (Å²) in [7, 11) is 0. The molecule has 0 bridgehead atoms. The van der Waals surface area contributed by atoms with Crippen LogP contribution in [0.3, 0.4) is 0 Å². The number of nitrogens with one attached hydrogen (secondary N) is 1. The first-order valence-corrected chi connectivity index (χ1v) is 7.40. The van der Waals surface area contributed by atoms with E-state index in [1.165, 1.54) is 44.3 Å². The lowest BCUT2D eigenvalue weighted by atomic mass is 9.66. The fourth-order valence-corrected chi connectivity index (χ4v) is 3.47. The number of rotatable bonds is 4. The van der Waals surface area contributed by atoms with E-state index in [0.717, 1.165) is 12.3 Å². The normalized spacial score (nSPS) is 21.9. The number of ether oxygens (including phenoxy) is 1. The van der Waals surface area contributed by atoms with Crippen LogP contribution in [0.2, 0.25) is 0 Å². The van der Waals surface area contributed by atoms with Crippen LogP contribution in [0.5, 0.6) is 5.75 Å². The Morgan fingerprint density at radius 2 is 1.80 bits per heavy atom. The maximum absolute atomic E-state index is 12.1. The molecule has 2 aliphatic rings. The van der Waals surface area contributed by atoms with E-state index in [4.69, 9.17) is 0 Å². The van der Waals surface area contributed by atoms with Crippen LogP contribution in [-0.4, -0.2) is 19.7 Å². The van der Waals surface area contributed by atoms with Gasteiger partial charge < -0.3 is 10.1 Å². The SMILES string of the molecule is FC(F)Oc1ccc(CC2CCC3(CC2)CNC3)cc1. The highest BCUT2D eigenvalue weighted by molar-refractivity contribution is 5.27. The van der Waals surface area contributed by atoms with Gasteiger partial charge in [-0.15, -0.1) is 0 Å². The largest absolute Gasteiger partial charge is 0.435 e. The zero-order chi connectivity index (χ0) is 14.0. The van der Waals surface area contributed by atoms with Gasteiger partial charge in [-0.3, -0.25) is 0 Å². The molecule has 1 aromatic rings. The molecular weight excluding hydrogens is 260 g/mol. The Labute approximate surface area is 118 Å². The fraction of sp³-hybridized carbons (Fsp3) is 0.625. The van der Waals surface area contributed by atoms with Crippen molar-refractivity contribution >= 4 is 0 Å². The Bertz CT molecular complexity index is 432. The van der Waals surface area contributed by atoms with Gasteiger partial charge in [-0.2, -0.15) is 8.78 Å². The summed E-state index contributed by atoms with van der Waals surface area (Å²) >= 11 is 0. The predicted octanol–water partition coefficient (Wildman–Crippen LogP) is 3.61. The van der Waals surface area contributed by atoms with Crippen molar-refractivity contribution in [1.29, 1.82) is 0 Å². The molecule has 1 aliphatic heterocycles. The van der Waals surface area contributed by atoms with Crippen molar-refractivity contribution in [3.05, 3.63) is 29.8 Å². The molecule has 1 aliphatic carbocycles. The molecule has 20 heavy (non-hydrogen) atoms. The lowest BCUT2D eigenvalue weighted by Gasteiger charge is -2.47. The van der Waals surface area contributed by atoms with E-state index in [2.05, 4.69) is 10.1 Å². The lowest BCUT2D eigenvalue weighted by Crippen LogP contribution is -2.54. The molecular formula is C16H21F2NO. The number of alkyl halides is 2. The molecule has 0 amide bonds. The van der Waals surface area contributed by atoms with E-state index in [0.29, 0.717) is 5.41 Å². The first-order valence-electron chi connectivity index (χ1n) is 7.40. The first kappa shape index (κ1) is 13.8. The second kappa shape index (κ2) is 5.68.